The van der Waals surface area contributed by atoms with E-state index in [0.29, 0.717) is 0 Å². The van der Waals surface area contributed by atoms with Gasteiger partial charge in [0.15, 0.2) is 0 Å². The van der Waals surface area contributed by atoms with E-state index in [9.17, 15) is 27.6 Å². The predicted octanol–water partition coefficient (Wildman–Crippen LogP) is 1.74. The van der Waals surface area contributed by atoms with Crippen molar-refractivity contribution in [3.05, 3.63) is 35.9 Å². The molecular weight excluding hydrogens is 287 g/mol. The third kappa shape index (κ3) is 3.29. The fraction of sp³-hybridized carbons (Fsp3) is 0.357. The summed E-state index contributed by atoms with van der Waals surface area (Å²) in [6, 6.07) is 8.77. The maximum Gasteiger partial charge on any atom is 0.450 e. The smallest absolute Gasteiger partial charge is 0.332 e. The first kappa shape index (κ1) is 15.2. The number of piperidine rings is 1. The van der Waals surface area contributed by atoms with Gasteiger partial charge in [0.05, 0.1) is 5.92 Å². The molecule has 0 bridgehead atoms. The molecule has 21 heavy (non-hydrogen) atoms. The van der Waals surface area contributed by atoms with Crippen LogP contribution in [-0.4, -0.2) is 35.1 Å². The van der Waals surface area contributed by atoms with Crippen LogP contribution in [0.15, 0.2) is 30.3 Å². The van der Waals surface area contributed by atoms with Gasteiger partial charge in [0.25, 0.3) is 5.91 Å². The van der Waals surface area contributed by atoms with E-state index in [1.54, 1.807) is 30.3 Å². The van der Waals surface area contributed by atoms with Crippen LogP contribution in [0.3, 0.4) is 0 Å². The Morgan fingerprint density at radius 1 is 1.19 bits per heavy atom. The second-order valence-corrected chi connectivity index (χ2v) is 4.78. The average molecular weight is 299 g/mol. The SMILES string of the molecule is O=C1C(=O)N(Cc2ccccc2)CCC1C(=O)C(F)(F)F. The minimum Gasteiger partial charge on any atom is -0.332 e. The van der Waals surface area contributed by atoms with Gasteiger partial charge in [-0.3, -0.25) is 14.4 Å². The Hall–Kier alpha value is -2.18. The first-order valence-electron chi connectivity index (χ1n) is 6.29. The molecule has 0 spiro atoms. The summed E-state index contributed by atoms with van der Waals surface area (Å²) in [5.74, 6) is -6.35. The lowest BCUT2D eigenvalue weighted by Crippen LogP contribution is -2.50. The highest BCUT2D eigenvalue weighted by Crippen LogP contribution is 2.27. The molecule has 1 aromatic carbocycles. The number of hydrogen-bond acceptors (Lipinski definition) is 3. The number of halogens is 3. The summed E-state index contributed by atoms with van der Waals surface area (Å²) in [5, 5.41) is 0. The summed E-state index contributed by atoms with van der Waals surface area (Å²) in [6.07, 6.45) is -5.39. The second-order valence-electron chi connectivity index (χ2n) is 4.78. The summed E-state index contributed by atoms with van der Waals surface area (Å²) >= 11 is 0. The molecule has 0 saturated carbocycles. The lowest BCUT2D eigenvalue weighted by Gasteiger charge is -2.30. The molecular formula is C14H12F3NO3. The number of nitrogens with zero attached hydrogens (tertiary/aromatic N) is 1. The Labute approximate surface area is 118 Å². The third-order valence-electron chi connectivity index (χ3n) is 3.31. The zero-order chi connectivity index (χ0) is 15.6. The van der Waals surface area contributed by atoms with Crippen molar-refractivity contribution in [2.45, 2.75) is 19.1 Å². The van der Waals surface area contributed by atoms with Crippen LogP contribution < -0.4 is 0 Å². The van der Waals surface area contributed by atoms with Crippen LogP contribution in [0.1, 0.15) is 12.0 Å². The highest BCUT2D eigenvalue weighted by molar-refractivity contribution is 6.41. The summed E-state index contributed by atoms with van der Waals surface area (Å²) in [7, 11) is 0. The monoisotopic (exact) mass is 299 g/mol. The molecule has 1 atom stereocenters. The van der Waals surface area contributed by atoms with Gasteiger partial charge in [-0.15, -0.1) is 0 Å². The molecule has 112 valence electrons. The molecule has 1 heterocycles. The van der Waals surface area contributed by atoms with Gasteiger partial charge < -0.3 is 4.90 Å². The van der Waals surface area contributed by atoms with Crippen LogP contribution in [0, 0.1) is 5.92 Å². The predicted molar refractivity (Wildman–Crippen MR) is 66.0 cm³/mol. The molecule has 0 N–H and O–H groups in total. The maximum atomic E-state index is 12.4. The van der Waals surface area contributed by atoms with Gasteiger partial charge in [0.2, 0.25) is 11.6 Å². The number of alkyl halides is 3. The topological polar surface area (TPSA) is 54.5 Å². The van der Waals surface area contributed by atoms with Crippen LogP contribution in [0.25, 0.3) is 0 Å². The number of ketones is 2. The first-order valence-corrected chi connectivity index (χ1v) is 6.29. The van der Waals surface area contributed by atoms with Gasteiger partial charge in [0, 0.05) is 13.1 Å². The lowest BCUT2D eigenvalue weighted by molar-refractivity contribution is -0.179. The van der Waals surface area contributed by atoms with Gasteiger partial charge >= 0.3 is 6.18 Å². The Morgan fingerprint density at radius 3 is 2.38 bits per heavy atom. The molecule has 0 radical (unpaired) electrons. The van der Waals surface area contributed by atoms with E-state index in [0.717, 1.165) is 10.5 Å². The first-order chi connectivity index (χ1) is 9.80. The highest BCUT2D eigenvalue weighted by atomic mass is 19.4. The van der Waals surface area contributed by atoms with Crippen LogP contribution >= 0.6 is 0 Å². The van der Waals surface area contributed by atoms with E-state index in [1.807, 2.05) is 0 Å². The number of hydrogen-bond donors (Lipinski definition) is 0. The van der Waals surface area contributed by atoms with Crippen molar-refractivity contribution in [1.29, 1.82) is 0 Å². The minimum atomic E-state index is -5.10. The Bertz CT molecular complexity index is 569. The van der Waals surface area contributed by atoms with E-state index in [-0.39, 0.29) is 19.5 Å². The molecule has 1 aromatic rings. The fourth-order valence-corrected chi connectivity index (χ4v) is 2.22. The maximum absolute atomic E-state index is 12.4. The summed E-state index contributed by atoms with van der Waals surface area (Å²) in [5.41, 5.74) is 0.763. The van der Waals surface area contributed by atoms with Crippen molar-refractivity contribution in [2.75, 3.05) is 6.54 Å². The van der Waals surface area contributed by atoms with Crippen LogP contribution in [0.4, 0.5) is 13.2 Å². The highest BCUT2D eigenvalue weighted by Gasteiger charge is 2.49. The van der Waals surface area contributed by atoms with E-state index >= 15 is 0 Å². The van der Waals surface area contributed by atoms with Gasteiger partial charge in [-0.2, -0.15) is 13.2 Å². The summed E-state index contributed by atoms with van der Waals surface area (Å²) in [6.45, 7) is 0.0876. The number of carbonyl (C=O) groups excluding carboxylic acids is 3. The van der Waals surface area contributed by atoms with Crippen molar-refractivity contribution < 1.29 is 27.6 Å². The summed E-state index contributed by atoms with van der Waals surface area (Å²) < 4.78 is 37.1. The fourth-order valence-electron chi connectivity index (χ4n) is 2.22. The number of benzene rings is 1. The minimum absolute atomic E-state index is 0.0496. The van der Waals surface area contributed by atoms with Gasteiger partial charge in [-0.25, -0.2) is 0 Å². The quantitative estimate of drug-likeness (QED) is 0.631. The van der Waals surface area contributed by atoms with Crippen LogP contribution in [0.5, 0.6) is 0 Å². The van der Waals surface area contributed by atoms with Gasteiger partial charge in [0.1, 0.15) is 0 Å². The number of Topliss-reactive ketones (excluding diaryl/α,β-unsaturated/α-hetero) is 2. The largest absolute Gasteiger partial charge is 0.450 e. The zero-order valence-corrected chi connectivity index (χ0v) is 10.9. The Morgan fingerprint density at radius 2 is 1.81 bits per heavy atom. The molecule has 2 rings (SSSR count). The van der Waals surface area contributed by atoms with Gasteiger partial charge in [-0.1, -0.05) is 30.3 Å². The van der Waals surface area contributed by atoms with Crippen molar-refractivity contribution in [3.63, 3.8) is 0 Å². The van der Waals surface area contributed by atoms with E-state index in [1.165, 1.54) is 0 Å². The van der Waals surface area contributed by atoms with Crippen LogP contribution in [-0.2, 0) is 20.9 Å². The van der Waals surface area contributed by atoms with Gasteiger partial charge in [-0.05, 0) is 12.0 Å². The zero-order valence-electron chi connectivity index (χ0n) is 10.9. The molecule has 7 heteroatoms. The normalized spacial score (nSPS) is 19.8. The lowest BCUT2D eigenvalue weighted by atomic mass is 9.90. The number of likely N-dealkylation sites (tertiary alicyclic amines) is 1. The molecule has 0 aliphatic carbocycles. The Kier molecular flexibility index (Phi) is 4.11. The van der Waals surface area contributed by atoms with Crippen LogP contribution in [0.2, 0.25) is 0 Å². The number of rotatable bonds is 3. The Balaban J connectivity index is 2.08. The average Bonchev–Trinajstić information content (AvgIpc) is 2.44. The van der Waals surface area contributed by atoms with Crippen molar-refractivity contribution in [1.82, 2.24) is 4.90 Å². The van der Waals surface area contributed by atoms with E-state index < -0.39 is 29.6 Å². The molecule has 1 amide bonds. The molecule has 1 fully saturated rings. The molecule has 1 saturated heterocycles. The van der Waals surface area contributed by atoms with E-state index in [2.05, 4.69) is 0 Å². The third-order valence-corrected chi connectivity index (χ3v) is 3.31. The second kappa shape index (κ2) is 5.67. The molecule has 1 aliphatic heterocycles. The molecule has 1 unspecified atom stereocenters. The molecule has 4 nitrogen and oxygen atoms in total. The van der Waals surface area contributed by atoms with Crippen molar-refractivity contribution in [3.8, 4) is 0 Å². The van der Waals surface area contributed by atoms with E-state index in [4.69, 9.17) is 0 Å². The standard InChI is InChI=1S/C14H12F3NO3/c15-14(16,17)12(20)10-6-7-18(13(21)11(10)19)8-9-4-2-1-3-5-9/h1-5,10H,6-8H2. The number of carbonyl (C=O) groups is 3. The molecule has 0 aromatic heterocycles. The van der Waals surface area contributed by atoms with Crippen molar-refractivity contribution in [2.24, 2.45) is 5.92 Å². The summed E-state index contributed by atoms with van der Waals surface area (Å²) in [4.78, 5) is 35.8. The van der Waals surface area contributed by atoms with Crippen molar-refractivity contribution >= 4 is 17.5 Å². The number of amides is 1. The molecule has 1 aliphatic rings.